The number of aryl methyl sites for hydroxylation is 1. The lowest BCUT2D eigenvalue weighted by atomic mass is 10.1. The molecule has 0 bridgehead atoms. The predicted molar refractivity (Wildman–Crippen MR) is 85.5 cm³/mol. The summed E-state index contributed by atoms with van der Waals surface area (Å²) in [6.45, 7) is 1.29. The second-order valence-electron chi connectivity index (χ2n) is 5.70. The molecule has 0 unspecified atom stereocenters. The van der Waals surface area contributed by atoms with Crippen molar-refractivity contribution in [1.82, 2.24) is 34.6 Å². The normalized spacial score (nSPS) is 13.5. The van der Waals surface area contributed by atoms with Gasteiger partial charge in [-0.25, -0.2) is 9.97 Å². The van der Waals surface area contributed by atoms with E-state index < -0.39 is 0 Å². The number of nitrogens with one attached hydrogen (secondary N) is 1. The third-order valence-corrected chi connectivity index (χ3v) is 4.12. The molecule has 3 aromatic heterocycles. The van der Waals surface area contributed by atoms with Crippen LogP contribution in [0.3, 0.4) is 0 Å². The Balaban J connectivity index is 1.47. The van der Waals surface area contributed by atoms with Crippen LogP contribution in [-0.2, 0) is 19.5 Å². The number of hydrogen-bond acceptors (Lipinski definition) is 5. The molecule has 1 aliphatic rings. The summed E-state index contributed by atoms with van der Waals surface area (Å²) in [6, 6.07) is 3.42. The van der Waals surface area contributed by atoms with Crippen LogP contribution in [0.25, 0.3) is 5.82 Å². The predicted octanol–water partition coefficient (Wildman–Crippen LogP) is 1.13. The van der Waals surface area contributed by atoms with E-state index in [0.29, 0.717) is 17.9 Å². The zero-order chi connectivity index (χ0) is 16.4. The number of carbonyl (C=O) groups is 1. The van der Waals surface area contributed by atoms with Crippen molar-refractivity contribution in [3.63, 3.8) is 0 Å². The van der Waals surface area contributed by atoms with E-state index in [-0.39, 0.29) is 5.91 Å². The summed E-state index contributed by atoms with van der Waals surface area (Å²) in [5.74, 6) is 2.31. The fraction of sp³-hybridized carbons (Fsp3) is 0.312. The summed E-state index contributed by atoms with van der Waals surface area (Å²) in [5, 5.41) is 11.3. The zero-order valence-electron chi connectivity index (χ0n) is 13.1. The Bertz CT molecular complexity index is 853. The van der Waals surface area contributed by atoms with Gasteiger partial charge in [0.25, 0.3) is 5.91 Å². The number of aromatic nitrogens is 6. The van der Waals surface area contributed by atoms with Crippen LogP contribution in [0, 0.1) is 0 Å². The quantitative estimate of drug-likeness (QED) is 0.777. The van der Waals surface area contributed by atoms with E-state index in [1.165, 1.54) is 0 Å². The van der Waals surface area contributed by atoms with E-state index in [4.69, 9.17) is 0 Å². The van der Waals surface area contributed by atoms with Crippen LogP contribution < -0.4 is 5.32 Å². The van der Waals surface area contributed by atoms with Gasteiger partial charge in [0.05, 0.1) is 6.54 Å². The third-order valence-electron chi connectivity index (χ3n) is 4.12. The number of carbonyl (C=O) groups excluding carboxylic acids is 1. The van der Waals surface area contributed by atoms with Gasteiger partial charge in [-0.2, -0.15) is 0 Å². The summed E-state index contributed by atoms with van der Waals surface area (Å²) in [6.07, 6.45) is 9.95. The average molecular weight is 323 g/mol. The first kappa shape index (κ1) is 14.6. The second kappa shape index (κ2) is 6.23. The first-order chi connectivity index (χ1) is 11.8. The smallest absolute Gasteiger partial charge is 0.251 e. The van der Waals surface area contributed by atoms with E-state index >= 15 is 0 Å². The van der Waals surface area contributed by atoms with Crippen molar-refractivity contribution in [2.45, 2.75) is 32.4 Å². The van der Waals surface area contributed by atoms with Gasteiger partial charge in [0.2, 0.25) is 0 Å². The highest BCUT2D eigenvalue weighted by Gasteiger charge is 2.16. The van der Waals surface area contributed by atoms with Gasteiger partial charge in [0.15, 0.2) is 5.82 Å². The standard InChI is InChI=1S/C16H17N7O/c24-16(12-4-5-18-14(9-12)22-8-6-17-11-22)19-10-15-21-20-13-3-1-2-7-23(13)15/h4-6,8-9,11H,1-3,7,10H2,(H,19,24). The molecule has 4 rings (SSSR count). The van der Waals surface area contributed by atoms with E-state index in [1.54, 1.807) is 41.6 Å². The third kappa shape index (κ3) is 2.78. The van der Waals surface area contributed by atoms with E-state index in [0.717, 1.165) is 37.5 Å². The molecule has 0 saturated heterocycles. The maximum atomic E-state index is 12.4. The minimum Gasteiger partial charge on any atom is -0.345 e. The molecule has 0 fully saturated rings. The molecular formula is C16H17N7O. The molecular weight excluding hydrogens is 306 g/mol. The maximum Gasteiger partial charge on any atom is 0.251 e. The number of amides is 1. The molecule has 3 aromatic rings. The van der Waals surface area contributed by atoms with E-state index in [9.17, 15) is 4.79 Å². The van der Waals surface area contributed by atoms with Gasteiger partial charge in [-0.15, -0.1) is 10.2 Å². The van der Waals surface area contributed by atoms with Gasteiger partial charge in [0, 0.05) is 37.1 Å². The van der Waals surface area contributed by atoms with E-state index in [1.807, 2.05) is 0 Å². The Morgan fingerprint density at radius 3 is 3.08 bits per heavy atom. The largest absolute Gasteiger partial charge is 0.345 e. The molecule has 8 nitrogen and oxygen atoms in total. The number of hydrogen-bond donors (Lipinski definition) is 1. The number of imidazole rings is 1. The molecule has 8 heteroatoms. The summed E-state index contributed by atoms with van der Waals surface area (Å²) in [7, 11) is 0. The van der Waals surface area contributed by atoms with Gasteiger partial charge in [-0.3, -0.25) is 9.36 Å². The number of rotatable bonds is 4. The Morgan fingerprint density at radius 1 is 1.25 bits per heavy atom. The van der Waals surface area contributed by atoms with Crippen LogP contribution in [0.2, 0.25) is 0 Å². The first-order valence-electron chi connectivity index (χ1n) is 7.95. The fourth-order valence-corrected chi connectivity index (χ4v) is 2.86. The molecule has 0 aromatic carbocycles. The molecule has 1 N–H and O–H groups in total. The topological polar surface area (TPSA) is 90.5 Å². The van der Waals surface area contributed by atoms with Crippen LogP contribution in [-0.4, -0.2) is 35.2 Å². The molecule has 1 amide bonds. The summed E-state index contributed by atoms with van der Waals surface area (Å²) in [4.78, 5) is 20.6. The van der Waals surface area contributed by atoms with Crippen molar-refractivity contribution >= 4 is 5.91 Å². The highest BCUT2D eigenvalue weighted by atomic mass is 16.1. The van der Waals surface area contributed by atoms with Crippen molar-refractivity contribution < 1.29 is 4.79 Å². The molecule has 122 valence electrons. The molecule has 0 spiro atoms. The van der Waals surface area contributed by atoms with Crippen molar-refractivity contribution in [1.29, 1.82) is 0 Å². The molecule has 0 saturated carbocycles. The lowest BCUT2D eigenvalue weighted by Gasteiger charge is -2.14. The molecule has 4 heterocycles. The van der Waals surface area contributed by atoms with Crippen molar-refractivity contribution in [3.8, 4) is 5.82 Å². The van der Waals surface area contributed by atoms with Crippen LogP contribution in [0.4, 0.5) is 0 Å². The van der Waals surface area contributed by atoms with Crippen molar-refractivity contribution in [2.24, 2.45) is 0 Å². The average Bonchev–Trinajstić information content (AvgIpc) is 3.30. The van der Waals surface area contributed by atoms with Crippen molar-refractivity contribution in [3.05, 3.63) is 54.3 Å². The number of pyridine rings is 1. The van der Waals surface area contributed by atoms with Gasteiger partial charge in [-0.1, -0.05) is 0 Å². The lowest BCUT2D eigenvalue weighted by molar-refractivity contribution is 0.0949. The summed E-state index contributed by atoms with van der Waals surface area (Å²) < 4.78 is 3.86. The van der Waals surface area contributed by atoms with Crippen LogP contribution >= 0.6 is 0 Å². The Morgan fingerprint density at radius 2 is 2.21 bits per heavy atom. The highest BCUT2D eigenvalue weighted by molar-refractivity contribution is 5.94. The maximum absolute atomic E-state index is 12.4. The van der Waals surface area contributed by atoms with Crippen LogP contribution in [0.1, 0.15) is 34.8 Å². The molecule has 24 heavy (non-hydrogen) atoms. The molecule has 0 radical (unpaired) electrons. The van der Waals surface area contributed by atoms with Crippen LogP contribution in [0.15, 0.2) is 37.1 Å². The summed E-state index contributed by atoms with van der Waals surface area (Å²) in [5.41, 5.74) is 0.548. The SMILES string of the molecule is O=C(NCc1nnc2n1CCCC2)c1ccnc(-n2ccnc2)c1. The second-order valence-corrected chi connectivity index (χ2v) is 5.70. The fourth-order valence-electron chi connectivity index (χ4n) is 2.86. The number of nitrogens with zero attached hydrogens (tertiary/aromatic N) is 6. The minimum atomic E-state index is -0.160. The van der Waals surface area contributed by atoms with Gasteiger partial charge < -0.3 is 9.88 Å². The molecule has 0 aliphatic carbocycles. The van der Waals surface area contributed by atoms with Gasteiger partial charge >= 0.3 is 0 Å². The van der Waals surface area contributed by atoms with Gasteiger partial charge in [0.1, 0.15) is 18.0 Å². The highest BCUT2D eigenvalue weighted by Crippen LogP contribution is 2.14. The van der Waals surface area contributed by atoms with E-state index in [2.05, 4.69) is 30.0 Å². The zero-order valence-corrected chi connectivity index (χ0v) is 13.1. The summed E-state index contributed by atoms with van der Waals surface area (Å²) >= 11 is 0. The van der Waals surface area contributed by atoms with Gasteiger partial charge in [-0.05, 0) is 25.0 Å². The minimum absolute atomic E-state index is 0.160. The number of fused-ring (bicyclic) bond motifs is 1. The van der Waals surface area contributed by atoms with Crippen molar-refractivity contribution in [2.75, 3.05) is 0 Å². The molecule has 1 aliphatic heterocycles. The lowest BCUT2D eigenvalue weighted by Crippen LogP contribution is -2.25. The Labute approximate surface area is 138 Å². The Hall–Kier alpha value is -3.03. The monoisotopic (exact) mass is 323 g/mol. The first-order valence-corrected chi connectivity index (χ1v) is 7.95. The Kier molecular flexibility index (Phi) is 3.78. The van der Waals surface area contributed by atoms with Crippen LogP contribution in [0.5, 0.6) is 0 Å². The molecule has 0 atom stereocenters.